The third-order valence-electron chi connectivity index (χ3n) is 2.35. The topological polar surface area (TPSA) is 12.0 Å². The normalized spacial score (nSPS) is 9.60. The van der Waals surface area contributed by atoms with Crippen molar-refractivity contribution in [2.45, 2.75) is 71.8 Å². The fraction of sp³-hybridized carbons (Fsp3) is 1.00. The van der Waals surface area contributed by atoms with E-state index >= 15 is 0 Å². The van der Waals surface area contributed by atoms with E-state index in [2.05, 4.69) is 36.3 Å². The molecule has 0 bridgehead atoms. The average molecular weight is 230 g/mol. The Morgan fingerprint density at radius 1 is 0.733 bits per heavy atom. The SMILES string of the molecule is CCCCCCCCC[SiH2].CCNCC. The molecular weight excluding hydrogens is 198 g/mol. The van der Waals surface area contributed by atoms with E-state index in [1.165, 1.54) is 51.0 Å². The fourth-order valence-corrected chi connectivity index (χ4v) is 1.74. The highest BCUT2D eigenvalue weighted by Gasteiger charge is 1.87. The first-order chi connectivity index (χ1) is 7.33. The first kappa shape index (κ1) is 17.6. The van der Waals surface area contributed by atoms with Crippen LogP contribution < -0.4 is 5.32 Å². The number of hydrogen-bond acceptors (Lipinski definition) is 1. The van der Waals surface area contributed by atoms with Gasteiger partial charge in [0.1, 0.15) is 0 Å². The molecule has 1 radical (unpaired) electrons. The minimum atomic E-state index is 1.09. The minimum Gasteiger partial charge on any atom is -0.317 e. The summed E-state index contributed by atoms with van der Waals surface area (Å²) in [4.78, 5) is 0. The van der Waals surface area contributed by atoms with E-state index in [4.69, 9.17) is 0 Å². The highest BCUT2D eigenvalue weighted by Crippen LogP contribution is 2.07. The van der Waals surface area contributed by atoms with E-state index in [1.54, 1.807) is 0 Å². The van der Waals surface area contributed by atoms with Gasteiger partial charge in [-0.3, -0.25) is 0 Å². The molecule has 15 heavy (non-hydrogen) atoms. The molecule has 0 amide bonds. The maximum absolute atomic E-state index is 3.11. The summed E-state index contributed by atoms with van der Waals surface area (Å²) in [6, 6.07) is 1.40. The van der Waals surface area contributed by atoms with Gasteiger partial charge in [0.15, 0.2) is 0 Å². The van der Waals surface area contributed by atoms with Crippen LogP contribution >= 0.6 is 0 Å². The minimum absolute atomic E-state index is 1.09. The molecular formula is C13H32NSi. The number of rotatable bonds is 9. The van der Waals surface area contributed by atoms with Crippen LogP contribution in [0.2, 0.25) is 6.04 Å². The Morgan fingerprint density at radius 2 is 1.20 bits per heavy atom. The molecule has 0 saturated heterocycles. The summed E-state index contributed by atoms with van der Waals surface area (Å²) in [6.45, 7) is 8.66. The maximum Gasteiger partial charge on any atom is 0.00797 e. The smallest absolute Gasteiger partial charge is 0.00797 e. The Kier molecular flexibility index (Phi) is 23.1. The van der Waals surface area contributed by atoms with E-state index < -0.39 is 0 Å². The summed E-state index contributed by atoms with van der Waals surface area (Å²) in [5.41, 5.74) is 0. The maximum atomic E-state index is 3.11. The highest BCUT2D eigenvalue weighted by molar-refractivity contribution is 6.08. The van der Waals surface area contributed by atoms with E-state index in [0.717, 1.165) is 13.1 Å². The Hall–Kier alpha value is 0.177. The Bertz CT molecular complexity index is 76.6. The zero-order valence-electron chi connectivity index (χ0n) is 11.3. The van der Waals surface area contributed by atoms with Crippen LogP contribution in [0.1, 0.15) is 65.7 Å². The lowest BCUT2D eigenvalue weighted by atomic mass is 10.1. The molecule has 0 aliphatic rings. The van der Waals surface area contributed by atoms with Gasteiger partial charge in [-0.1, -0.05) is 71.8 Å². The van der Waals surface area contributed by atoms with Crippen LogP contribution in [-0.4, -0.2) is 23.3 Å². The standard InChI is InChI=1S/C9H21Si.C4H11N/c1-2-3-4-5-6-7-8-9-10;1-3-5-4-2/h2-10H2,1H3;5H,3-4H2,1-2H3. The molecule has 0 fully saturated rings. The van der Waals surface area contributed by atoms with Crippen molar-refractivity contribution in [2.75, 3.05) is 13.1 Å². The summed E-state index contributed by atoms with van der Waals surface area (Å²) in [5.74, 6) is 0. The van der Waals surface area contributed by atoms with Gasteiger partial charge < -0.3 is 5.32 Å². The molecule has 0 atom stereocenters. The lowest BCUT2D eigenvalue weighted by molar-refractivity contribution is 0.602. The summed E-state index contributed by atoms with van der Waals surface area (Å²) in [5, 5.41) is 3.11. The van der Waals surface area contributed by atoms with Crippen LogP contribution in [0, 0.1) is 0 Å². The van der Waals surface area contributed by atoms with E-state index in [-0.39, 0.29) is 0 Å². The molecule has 0 aliphatic heterocycles. The summed E-state index contributed by atoms with van der Waals surface area (Å²) >= 11 is 0. The third-order valence-corrected chi connectivity index (χ3v) is 2.85. The van der Waals surface area contributed by atoms with Crippen molar-refractivity contribution in [3.05, 3.63) is 0 Å². The van der Waals surface area contributed by atoms with Crippen molar-refractivity contribution in [3.8, 4) is 0 Å². The zero-order chi connectivity index (χ0) is 11.8. The van der Waals surface area contributed by atoms with Crippen molar-refractivity contribution < 1.29 is 0 Å². The van der Waals surface area contributed by atoms with Gasteiger partial charge in [-0.15, -0.1) is 0 Å². The Balaban J connectivity index is 0. The van der Waals surface area contributed by atoms with Crippen LogP contribution in [-0.2, 0) is 0 Å². The molecule has 0 aromatic carbocycles. The van der Waals surface area contributed by atoms with Gasteiger partial charge in [0.2, 0.25) is 0 Å². The summed E-state index contributed by atoms with van der Waals surface area (Å²) in [7, 11) is 2.10. The second-order valence-electron chi connectivity index (χ2n) is 3.93. The monoisotopic (exact) mass is 230 g/mol. The highest BCUT2D eigenvalue weighted by atomic mass is 28.1. The van der Waals surface area contributed by atoms with Gasteiger partial charge >= 0.3 is 0 Å². The number of unbranched alkanes of at least 4 members (excludes halogenated alkanes) is 6. The number of nitrogens with one attached hydrogen (secondary N) is 1. The average Bonchev–Trinajstić information content (AvgIpc) is 2.25. The van der Waals surface area contributed by atoms with Crippen molar-refractivity contribution in [1.29, 1.82) is 0 Å². The molecule has 93 valence electrons. The van der Waals surface area contributed by atoms with Gasteiger partial charge in [0.25, 0.3) is 0 Å². The van der Waals surface area contributed by atoms with Crippen LogP contribution in [0.4, 0.5) is 0 Å². The summed E-state index contributed by atoms with van der Waals surface area (Å²) < 4.78 is 0. The Labute approximate surface area is 101 Å². The van der Waals surface area contributed by atoms with Crippen molar-refractivity contribution in [1.82, 2.24) is 5.32 Å². The fourth-order valence-electron chi connectivity index (χ4n) is 1.38. The summed E-state index contributed by atoms with van der Waals surface area (Å²) in [6.07, 6.45) is 10.1. The molecule has 0 unspecified atom stereocenters. The van der Waals surface area contributed by atoms with Crippen LogP contribution in [0.25, 0.3) is 0 Å². The Morgan fingerprint density at radius 3 is 1.53 bits per heavy atom. The predicted octanol–water partition coefficient (Wildman–Crippen LogP) is 3.40. The van der Waals surface area contributed by atoms with Gasteiger partial charge in [-0.05, 0) is 13.1 Å². The molecule has 0 aromatic heterocycles. The van der Waals surface area contributed by atoms with Crippen molar-refractivity contribution >= 4 is 10.2 Å². The molecule has 0 saturated carbocycles. The van der Waals surface area contributed by atoms with Gasteiger partial charge in [0.05, 0.1) is 0 Å². The van der Waals surface area contributed by atoms with Crippen molar-refractivity contribution in [2.24, 2.45) is 0 Å². The molecule has 1 nitrogen and oxygen atoms in total. The lowest BCUT2D eigenvalue weighted by Gasteiger charge is -1.97. The van der Waals surface area contributed by atoms with Gasteiger partial charge in [-0.2, -0.15) is 0 Å². The zero-order valence-corrected chi connectivity index (χ0v) is 12.7. The third kappa shape index (κ3) is 25.0. The van der Waals surface area contributed by atoms with Crippen LogP contribution in [0.3, 0.4) is 0 Å². The molecule has 0 heterocycles. The molecule has 0 spiro atoms. The molecule has 0 aliphatic carbocycles. The second kappa shape index (κ2) is 19.7. The predicted molar refractivity (Wildman–Crippen MR) is 75.6 cm³/mol. The van der Waals surface area contributed by atoms with Crippen molar-refractivity contribution in [3.63, 3.8) is 0 Å². The molecule has 0 rings (SSSR count). The van der Waals surface area contributed by atoms with Gasteiger partial charge in [-0.25, -0.2) is 0 Å². The molecule has 2 heteroatoms. The van der Waals surface area contributed by atoms with Crippen LogP contribution in [0.15, 0.2) is 0 Å². The van der Waals surface area contributed by atoms with Gasteiger partial charge in [0, 0.05) is 10.2 Å². The first-order valence-electron chi connectivity index (χ1n) is 6.83. The lowest BCUT2D eigenvalue weighted by Crippen LogP contribution is -2.09. The van der Waals surface area contributed by atoms with E-state index in [1.807, 2.05) is 0 Å². The molecule has 1 N–H and O–H groups in total. The number of hydrogen-bond donors (Lipinski definition) is 1. The quantitative estimate of drug-likeness (QED) is 0.473. The second-order valence-corrected chi connectivity index (χ2v) is 4.64. The van der Waals surface area contributed by atoms with E-state index in [0.29, 0.717) is 0 Å². The largest absolute Gasteiger partial charge is 0.317 e. The first-order valence-corrected chi connectivity index (χ1v) is 7.83. The molecule has 0 aromatic rings. The van der Waals surface area contributed by atoms with E-state index in [9.17, 15) is 0 Å². The van der Waals surface area contributed by atoms with Crippen LogP contribution in [0.5, 0.6) is 0 Å².